The van der Waals surface area contributed by atoms with Gasteiger partial charge in [-0.15, -0.1) is 0 Å². The molecule has 0 aliphatic carbocycles. The first-order valence-electron chi connectivity index (χ1n) is 12.8. The second kappa shape index (κ2) is 11.5. The van der Waals surface area contributed by atoms with Gasteiger partial charge in [-0.3, -0.25) is 23.4 Å². The van der Waals surface area contributed by atoms with Crippen molar-refractivity contribution in [3.05, 3.63) is 107 Å². The second-order valence-corrected chi connectivity index (χ2v) is 9.05. The fourth-order valence-electron chi connectivity index (χ4n) is 4.40. The highest BCUT2D eigenvalue weighted by atomic mass is 16.2. The lowest BCUT2D eigenvalue weighted by Gasteiger charge is -2.20. The van der Waals surface area contributed by atoms with Crippen molar-refractivity contribution in [1.82, 2.24) is 34.6 Å². The average molecular weight is 547 g/mol. The molecule has 3 aromatic heterocycles. The summed E-state index contributed by atoms with van der Waals surface area (Å²) in [4.78, 5) is 52.0. The van der Waals surface area contributed by atoms with Crippen molar-refractivity contribution >= 4 is 34.2 Å². The highest BCUT2D eigenvalue weighted by molar-refractivity contribution is 6.04. The van der Waals surface area contributed by atoms with Crippen LogP contribution in [0.4, 0.5) is 5.82 Å². The Balaban J connectivity index is 1.56. The van der Waals surface area contributed by atoms with Crippen molar-refractivity contribution in [1.29, 1.82) is 0 Å². The average Bonchev–Trinajstić information content (AvgIpc) is 3.45. The number of amides is 2. The van der Waals surface area contributed by atoms with E-state index in [1.54, 1.807) is 54.0 Å². The molecule has 0 radical (unpaired) electrons. The fourth-order valence-corrected chi connectivity index (χ4v) is 4.40. The predicted octanol–water partition coefficient (Wildman–Crippen LogP) is 2.55. The Labute approximate surface area is 234 Å². The molecule has 0 bridgehead atoms. The molecule has 0 fully saturated rings. The van der Waals surface area contributed by atoms with Crippen molar-refractivity contribution in [2.75, 3.05) is 12.3 Å². The molecule has 0 saturated heterocycles. The van der Waals surface area contributed by atoms with Crippen molar-refractivity contribution in [2.45, 2.75) is 19.4 Å². The maximum Gasteiger partial charge on any atom is 0.267 e. The van der Waals surface area contributed by atoms with Gasteiger partial charge in [0, 0.05) is 30.9 Å². The minimum atomic E-state index is -0.711. The molecule has 5 aromatic rings. The molecule has 1 atom stereocenters. The van der Waals surface area contributed by atoms with Gasteiger partial charge < -0.3 is 16.4 Å². The summed E-state index contributed by atoms with van der Waals surface area (Å²) in [6.45, 7) is 5.51. The topological polar surface area (TPSA) is 149 Å². The molecule has 4 N–H and O–H groups in total. The summed E-state index contributed by atoms with van der Waals surface area (Å²) < 4.78 is 3.07. The normalized spacial score (nSPS) is 11.4. The summed E-state index contributed by atoms with van der Waals surface area (Å²) in [7, 11) is 0. The maximum absolute atomic E-state index is 14.1. The zero-order chi connectivity index (χ0) is 28.9. The van der Waals surface area contributed by atoms with E-state index in [0.29, 0.717) is 46.6 Å². The van der Waals surface area contributed by atoms with Crippen LogP contribution in [0.15, 0.2) is 84.7 Å². The number of para-hydroxylation sites is 1. The van der Waals surface area contributed by atoms with Crippen molar-refractivity contribution in [3.63, 3.8) is 0 Å². The standard InChI is InChI=1S/C30H26N8O3/c1-3-23(39)32-15-8-7-10-20-11-9-14-22-24(20)30(41)38(21-12-5-4-6-13-21)27(36-22)19(2)35-29(40)25-26(31)34-18-37-17-16-33-28(25)37/h3-6,9,11-14,16-19H,1,8,15,31H2,2H3,(H,32,39)(H,35,40)/t19-/m0/s1. The number of fused-ring (bicyclic) bond motifs is 2. The van der Waals surface area contributed by atoms with Crippen LogP contribution in [0, 0.1) is 11.8 Å². The van der Waals surface area contributed by atoms with E-state index in [1.165, 1.54) is 17.0 Å². The number of benzene rings is 2. The van der Waals surface area contributed by atoms with E-state index < -0.39 is 11.9 Å². The monoisotopic (exact) mass is 546 g/mol. The molecular formula is C30H26N8O3. The van der Waals surface area contributed by atoms with Crippen LogP contribution in [0.5, 0.6) is 0 Å². The Morgan fingerprint density at radius 2 is 1.95 bits per heavy atom. The van der Waals surface area contributed by atoms with Gasteiger partial charge in [-0.25, -0.2) is 15.0 Å². The van der Waals surface area contributed by atoms with E-state index in [9.17, 15) is 14.4 Å². The number of anilines is 1. The molecule has 0 unspecified atom stereocenters. The van der Waals surface area contributed by atoms with E-state index in [2.05, 4.69) is 39.0 Å². The number of rotatable bonds is 7. The Kier molecular flexibility index (Phi) is 7.56. The summed E-state index contributed by atoms with van der Waals surface area (Å²) in [5.74, 6) is 5.62. The van der Waals surface area contributed by atoms with Crippen LogP contribution in [0.2, 0.25) is 0 Å². The number of nitrogens with two attached hydrogens (primary N) is 1. The third-order valence-electron chi connectivity index (χ3n) is 6.33. The van der Waals surface area contributed by atoms with Gasteiger partial charge in [0.1, 0.15) is 23.5 Å². The summed E-state index contributed by atoms with van der Waals surface area (Å²) >= 11 is 0. The van der Waals surface area contributed by atoms with E-state index in [-0.39, 0.29) is 22.8 Å². The summed E-state index contributed by atoms with van der Waals surface area (Å²) in [6, 6.07) is 13.6. The van der Waals surface area contributed by atoms with Crippen LogP contribution >= 0.6 is 0 Å². The summed E-state index contributed by atoms with van der Waals surface area (Å²) in [6.07, 6.45) is 6.27. The molecule has 0 saturated carbocycles. The Bertz CT molecular complexity index is 1920. The lowest BCUT2D eigenvalue weighted by Crippen LogP contribution is -2.34. The smallest absolute Gasteiger partial charge is 0.267 e. The van der Waals surface area contributed by atoms with Crippen LogP contribution in [-0.2, 0) is 4.79 Å². The number of hydrogen-bond donors (Lipinski definition) is 3. The number of carbonyl (C=O) groups excluding carboxylic acids is 2. The first-order valence-corrected chi connectivity index (χ1v) is 12.8. The van der Waals surface area contributed by atoms with Gasteiger partial charge in [0.25, 0.3) is 11.5 Å². The molecule has 11 heteroatoms. The Morgan fingerprint density at radius 1 is 1.15 bits per heavy atom. The maximum atomic E-state index is 14.1. The van der Waals surface area contributed by atoms with Gasteiger partial charge in [0.2, 0.25) is 5.91 Å². The number of nitrogens with one attached hydrogen (secondary N) is 2. The number of imidazole rings is 1. The van der Waals surface area contributed by atoms with Crippen molar-refractivity contribution < 1.29 is 9.59 Å². The van der Waals surface area contributed by atoms with Gasteiger partial charge in [-0.2, -0.15) is 0 Å². The fraction of sp³-hybridized carbons (Fsp3) is 0.133. The zero-order valence-corrected chi connectivity index (χ0v) is 22.2. The molecule has 2 amide bonds. The van der Waals surface area contributed by atoms with E-state index in [0.717, 1.165) is 0 Å². The van der Waals surface area contributed by atoms with Crippen molar-refractivity contribution in [3.8, 4) is 17.5 Å². The molecule has 5 rings (SSSR count). The SMILES string of the molecule is C=CC(=O)NCCC#Cc1cccc2nc([C@H](C)NC(=O)c3c(N)ncn4ccnc34)n(-c3ccccc3)c(=O)c12. The van der Waals surface area contributed by atoms with Crippen molar-refractivity contribution in [2.24, 2.45) is 0 Å². The van der Waals surface area contributed by atoms with E-state index >= 15 is 0 Å². The third kappa shape index (κ3) is 5.39. The molecule has 41 heavy (non-hydrogen) atoms. The van der Waals surface area contributed by atoms with Gasteiger partial charge in [-0.05, 0) is 37.3 Å². The van der Waals surface area contributed by atoms with Gasteiger partial charge >= 0.3 is 0 Å². The largest absolute Gasteiger partial charge is 0.383 e. The van der Waals surface area contributed by atoms with Crippen LogP contribution in [0.3, 0.4) is 0 Å². The zero-order valence-electron chi connectivity index (χ0n) is 22.2. The lowest BCUT2D eigenvalue weighted by atomic mass is 10.1. The first kappa shape index (κ1) is 26.8. The number of aromatic nitrogens is 5. The summed E-state index contributed by atoms with van der Waals surface area (Å²) in [5, 5.41) is 5.92. The van der Waals surface area contributed by atoms with Crippen LogP contribution in [0.1, 0.15) is 41.1 Å². The lowest BCUT2D eigenvalue weighted by molar-refractivity contribution is -0.116. The van der Waals surface area contributed by atoms with Crippen LogP contribution < -0.4 is 21.9 Å². The highest BCUT2D eigenvalue weighted by Crippen LogP contribution is 2.22. The number of nitrogens with zero attached hydrogens (tertiary/aromatic N) is 5. The molecule has 0 aliphatic rings. The minimum absolute atomic E-state index is 0.0348. The predicted molar refractivity (Wildman–Crippen MR) is 155 cm³/mol. The van der Waals surface area contributed by atoms with Crippen LogP contribution in [-0.4, -0.2) is 42.3 Å². The molecule has 3 heterocycles. The van der Waals surface area contributed by atoms with Gasteiger partial charge in [-0.1, -0.05) is 42.7 Å². The van der Waals surface area contributed by atoms with E-state index in [1.807, 2.05) is 18.2 Å². The molecule has 204 valence electrons. The molecule has 0 aliphatic heterocycles. The number of carbonyl (C=O) groups is 2. The molecular weight excluding hydrogens is 520 g/mol. The highest BCUT2D eigenvalue weighted by Gasteiger charge is 2.24. The molecule has 0 spiro atoms. The Hall–Kier alpha value is -5.76. The molecule has 2 aromatic carbocycles. The number of nitrogen functional groups attached to an aromatic ring is 1. The first-order chi connectivity index (χ1) is 19.9. The Morgan fingerprint density at radius 3 is 2.73 bits per heavy atom. The number of hydrogen-bond acceptors (Lipinski definition) is 7. The van der Waals surface area contributed by atoms with E-state index in [4.69, 9.17) is 10.7 Å². The summed E-state index contributed by atoms with van der Waals surface area (Å²) in [5.41, 5.74) is 7.71. The van der Waals surface area contributed by atoms with Gasteiger partial charge in [0.15, 0.2) is 5.65 Å². The van der Waals surface area contributed by atoms with Crippen LogP contribution in [0.25, 0.3) is 22.2 Å². The second-order valence-electron chi connectivity index (χ2n) is 9.05. The minimum Gasteiger partial charge on any atom is -0.383 e. The third-order valence-corrected chi connectivity index (χ3v) is 6.33. The molecule has 11 nitrogen and oxygen atoms in total. The van der Waals surface area contributed by atoms with Gasteiger partial charge in [0.05, 0.1) is 22.6 Å². The quantitative estimate of drug-likeness (QED) is 0.161.